The zero-order chi connectivity index (χ0) is 15.5. The van der Waals surface area contributed by atoms with Gasteiger partial charge < -0.3 is 10.6 Å². The van der Waals surface area contributed by atoms with Gasteiger partial charge in [0.05, 0.1) is 0 Å². The fourth-order valence-corrected chi connectivity index (χ4v) is 1.93. The van der Waals surface area contributed by atoms with Crippen LogP contribution in [-0.4, -0.2) is 30.1 Å². The van der Waals surface area contributed by atoms with E-state index >= 15 is 0 Å². The Bertz CT molecular complexity index is 484. The molecule has 1 rings (SSSR count). The van der Waals surface area contributed by atoms with Crippen LogP contribution >= 0.6 is 0 Å². The van der Waals surface area contributed by atoms with Gasteiger partial charge in [-0.25, -0.2) is 0 Å². The van der Waals surface area contributed by atoms with Crippen LogP contribution in [0.2, 0.25) is 0 Å². The summed E-state index contributed by atoms with van der Waals surface area (Å²) >= 11 is 0. The molecule has 0 saturated heterocycles. The third-order valence-electron chi connectivity index (χ3n) is 2.85. The van der Waals surface area contributed by atoms with Crippen LogP contribution in [0.5, 0.6) is 0 Å². The minimum Gasteiger partial charge on any atom is -0.398 e. The second-order valence-corrected chi connectivity index (χ2v) is 5.21. The molecule has 6 heteroatoms. The second-order valence-electron chi connectivity index (χ2n) is 5.21. The topological polar surface area (TPSA) is 46.3 Å². The first-order chi connectivity index (χ1) is 9.11. The van der Waals surface area contributed by atoms with Crippen LogP contribution in [0.1, 0.15) is 29.8 Å². The van der Waals surface area contributed by atoms with E-state index in [0.717, 1.165) is 4.90 Å². The molecule has 1 aromatic rings. The first-order valence-corrected chi connectivity index (χ1v) is 6.33. The van der Waals surface area contributed by atoms with Crippen molar-refractivity contribution in [3.63, 3.8) is 0 Å². The molecular weight excluding hydrogens is 269 g/mol. The van der Waals surface area contributed by atoms with Crippen LogP contribution in [-0.2, 0) is 0 Å². The molecule has 3 nitrogen and oxygen atoms in total. The summed E-state index contributed by atoms with van der Waals surface area (Å²) in [6.07, 6.45) is -4.42. The van der Waals surface area contributed by atoms with Gasteiger partial charge in [0.2, 0.25) is 0 Å². The molecule has 0 saturated carbocycles. The van der Waals surface area contributed by atoms with Crippen molar-refractivity contribution in [2.24, 2.45) is 5.92 Å². The lowest BCUT2D eigenvalue weighted by Gasteiger charge is -2.26. The molecule has 0 heterocycles. The van der Waals surface area contributed by atoms with Gasteiger partial charge in [-0.2, -0.15) is 13.2 Å². The monoisotopic (exact) mass is 288 g/mol. The van der Waals surface area contributed by atoms with E-state index in [0.29, 0.717) is 11.3 Å². The maximum absolute atomic E-state index is 12.6. The largest absolute Gasteiger partial charge is 0.406 e. The Morgan fingerprint density at radius 2 is 1.95 bits per heavy atom. The van der Waals surface area contributed by atoms with Crippen molar-refractivity contribution in [1.29, 1.82) is 0 Å². The van der Waals surface area contributed by atoms with Gasteiger partial charge in [-0.15, -0.1) is 0 Å². The van der Waals surface area contributed by atoms with Gasteiger partial charge in [-0.3, -0.25) is 4.79 Å². The highest BCUT2D eigenvalue weighted by atomic mass is 19.4. The van der Waals surface area contributed by atoms with E-state index in [1.807, 2.05) is 0 Å². The number of hydrogen-bond acceptors (Lipinski definition) is 2. The summed E-state index contributed by atoms with van der Waals surface area (Å²) < 4.78 is 37.8. The highest BCUT2D eigenvalue weighted by Gasteiger charge is 2.34. The fraction of sp³-hybridized carbons (Fsp3) is 0.500. The van der Waals surface area contributed by atoms with Crippen molar-refractivity contribution in [3.05, 3.63) is 29.3 Å². The summed E-state index contributed by atoms with van der Waals surface area (Å²) in [5.41, 5.74) is 6.82. The number of benzene rings is 1. The third kappa shape index (κ3) is 4.43. The van der Waals surface area contributed by atoms with Crippen LogP contribution in [0.25, 0.3) is 0 Å². The molecule has 2 N–H and O–H groups in total. The number of nitrogens with zero attached hydrogens (tertiary/aromatic N) is 1. The lowest BCUT2D eigenvalue weighted by atomic mass is 10.0. The Morgan fingerprint density at radius 1 is 1.35 bits per heavy atom. The summed E-state index contributed by atoms with van der Waals surface area (Å²) in [6, 6.07) is 4.68. The highest BCUT2D eigenvalue weighted by Crippen LogP contribution is 2.22. The Hall–Kier alpha value is -1.72. The Balaban J connectivity index is 3.06. The summed E-state index contributed by atoms with van der Waals surface area (Å²) in [5.74, 6) is -0.691. The molecule has 0 fully saturated rings. The average Bonchev–Trinajstić information content (AvgIpc) is 2.28. The van der Waals surface area contributed by atoms with E-state index in [9.17, 15) is 18.0 Å². The van der Waals surface area contributed by atoms with Crippen molar-refractivity contribution in [2.45, 2.75) is 26.9 Å². The Morgan fingerprint density at radius 3 is 2.45 bits per heavy atom. The van der Waals surface area contributed by atoms with Crippen molar-refractivity contribution in [2.75, 3.05) is 18.8 Å². The predicted octanol–water partition coefficient (Wildman–Crippen LogP) is 3.24. The summed E-state index contributed by atoms with van der Waals surface area (Å²) in [5, 5.41) is 0. The van der Waals surface area contributed by atoms with Gasteiger partial charge >= 0.3 is 6.18 Å². The number of halogens is 3. The molecule has 0 aliphatic rings. The molecule has 0 aliphatic heterocycles. The van der Waals surface area contributed by atoms with Crippen molar-refractivity contribution >= 4 is 11.6 Å². The number of alkyl halides is 3. The molecule has 112 valence electrons. The number of carbonyl (C=O) groups excluding carboxylic acids is 1. The van der Waals surface area contributed by atoms with E-state index in [1.54, 1.807) is 32.9 Å². The van der Waals surface area contributed by atoms with Gasteiger partial charge in [-0.1, -0.05) is 19.9 Å². The first-order valence-electron chi connectivity index (χ1n) is 6.33. The molecule has 0 bridgehead atoms. The predicted molar refractivity (Wildman–Crippen MR) is 72.4 cm³/mol. The van der Waals surface area contributed by atoms with E-state index in [2.05, 4.69) is 0 Å². The van der Waals surface area contributed by atoms with E-state index < -0.39 is 18.6 Å². The Kier molecular flexibility index (Phi) is 5.03. The molecule has 0 atom stereocenters. The highest BCUT2D eigenvalue weighted by molar-refractivity contribution is 5.97. The quantitative estimate of drug-likeness (QED) is 0.865. The molecule has 0 spiro atoms. The number of amides is 1. The van der Waals surface area contributed by atoms with Gasteiger partial charge in [0.15, 0.2) is 0 Å². The van der Waals surface area contributed by atoms with Gasteiger partial charge in [0.1, 0.15) is 6.54 Å². The molecule has 0 aliphatic carbocycles. The van der Waals surface area contributed by atoms with Crippen LogP contribution in [0, 0.1) is 12.8 Å². The molecule has 1 aromatic carbocycles. The van der Waals surface area contributed by atoms with Crippen LogP contribution in [0.15, 0.2) is 18.2 Å². The maximum Gasteiger partial charge on any atom is 0.406 e. The SMILES string of the molecule is Cc1c(N)cccc1C(=O)N(CC(C)C)CC(F)(F)F. The van der Waals surface area contributed by atoms with Crippen molar-refractivity contribution in [3.8, 4) is 0 Å². The first kappa shape index (κ1) is 16.3. The summed E-state index contributed by atoms with van der Waals surface area (Å²) in [6.45, 7) is 3.96. The number of nitrogens with two attached hydrogens (primary N) is 1. The second kappa shape index (κ2) is 6.15. The van der Waals surface area contributed by atoms with Gasteiger partial charge in [-0.05, 0) is 30.5 Å². The Labute approximate surface area is 116 Å². The lowest BCUT2D eigenvalue weighted by molar-refractivity contribution is -0.141. The van der Waals surface area contributed by atoms with Crippen molar-refractivity contribution in [1.82, 2.24) is 4.90 Å². The van der Waals surface area contributed by atoms with Crippen LogP contribution < -0.4 is 5.73 Å². The lowest BCUT2D eigenvalue weighted by Crippen LogP contribution is -2.41. The fourth-order valence-electron chi connectivity index (χ4n) is 1.93. The number of anilines is 1. The van der Waals surface area contributed by atoms with E-state index in [-0.39, 0.29) is 18.0 Å². The summed E-state index contributed by atoms with van der Waals surface area (Å²) in [4.78, 5) is 13.1. The number of carbonyl (C=O) groups is 1. The van der Waals surface area contributed by atoms with E-state index in [4.69, 9.17) is 5.73 Å². The third-order valence-corrected chi connectivity index (χ3v) is 2.85. The zero-order valence-electron chi connectivity index (χ0n) is 11.8. The normalized spacial score (nSPS) is 11.8. The number of hydrogen-bond donors (Lipinski definition) is 1. The molecule has 1 amide bonds. The molecule has 0 unspecified atom stereocenters. The van der Waals surface area contributed by atoms with Crippen LogP contribution in [0.3, 0.4) is 0 Å². The molecular formula is C14H19F3N2O. The average molecular weight is 288 g/mol. The van der Waals surface area contributed by atoms with E-state index in [1.165, 1.54) is 6.07 Å². The number of rotatable bonds is 4. The summed E-state index contributed by atoms with van der Waals surface area (Å²) in [7, 11) is 0. The molecule has 0 aromatic heterocycles. The molecule has 0 radical (unpaired) electrons. The van der Waals surface area contributed by atoms with Gasteiger partial charge in [0.25, 0.3) is 5.91 Å². The van der Waals surface area contributed by atoms with Crippen molar-refractivity contribution < 1.29 is 18.0 Å². The smallest absolute Gasteiger partial charge is 0.398 e. The maximum atomic E-state index is 12.6. The van der Waals surface area contributed by atoms with Crippen LogP contribution in [0.4, 0.5) is 18.9 Å². The standard InChI is InChI=1S/C14H19F3N2O/c1-9(2)7-19(8-14(15,16)17)13(20)11-5-4-6-12(18)10(11)3/h4-6,9H,7-8,18H2,1-3H3. The molecule has 20 heavy (non-hydrogen) atoms. The number of nitrogen functional groups attached to an aromatic ring is 1. The minimum absolute atomic E-state index is 0.0482. The minimum atomic E-state index is -4.42. The van der Waals surface area contributed by atoms with Gasteiger partial charge in [0, 0.05) is 17.8 Å². The zero-order valence-corrected chi connectivity index (χ0v) is 11.8.